The fourth-order valence-electron chi connectivity index (χ4n) is 2.08. The van der Waals surface area contributed by atoms with Crippen LogP contribution in [0.5, 0.6) is 0 Å². The lowest BCUT2D eigenvalue weighted by Crippen LogP contribution is -2.40. The number of amides is 1. The zero-order valence-electron chi connectivity index (χ0n) is 13.4. The quantitative estimate of drug-likeness (QED) is 0.327. The van der Waals surface area contributed by atoms with E-state index in [9.17, 15) is 18.0 Å². The van der Waals surface area contributed by atoms with Crippen LogP contribution in [0.25, 0.3) is 0 Å². The number of carboxylic acid groups (broad SMARTS) is 1. The molecule has 0 saturated carbocycles. The Hall–Kier alpha value is -1.97. The molecule has 0 saturated heterocycles. The van der Waals surface area contributed by atoms with Gasteiger partial charge in [0.15, 0.2) is 0 Å². The van der Waals surface area contributed by atoms with Crippen molar-refractivity contribution in [2.75, 3.05) is 13.1 Å². The second-order valence-electron chi connectivity index (χ2n) is 5.39. The summed E-state index contributed by atoms with van der Waals surface area (Å²) in [5, 5.41) is 17.2. The molecule has 0 aliphatic rings. The molecule has 0 aromatic heterocycles. The first-order valence-corrected chi connectivity index (χ1v) is 8.93. The number of carbonyl (C=O) groups excluding carboxylic acids is 1. The second kappa shape index (κ2) is 9.36. The van der Waals surface area contributed by atoms with Gasteiger partial charge < -0.3 is 5.11 Å². The zero-order valence-corrected chi connectivity index (χ0v) is 14.3. The maximum absolute atomic E-state index is 12.6. The molecule has 0 spiro atoms. The molecule has 0 heterocycles. The Morgan fingerprint density at radius 3 is 2.29 bits per heavy atom. The molecule has 0 fully saturated rings. The summed E-state index contributed by atoms with van der Waals surface area (Å²) < 4.78 is 26.3. The minimum Gasteiger partial charge on any atom is -0.481 e. The van der Waals surface area contributed by atoms with Gasteiger partial charge in [-0.3, -0.25) is 14.8 Å². The Kier molecular flexibility index (Phi) is 7.83. The van der Waals surface area contributed by atoms with Crippen molar-refractivity contribution in [3.8, 4) is 0 Å². The Balaban J connectivity index is 2.81. The van der Waals surface area contributed by atoms with Crippen LogP contribution in [0, 0.1) is 6.92 Å². The summed E-state index contributed by atoms with van der Waals surface area (Å²) in [5.41, 5.74) is 2.33. The number of aryl methyl sites for hydroxylation is 1. The van der Waals surface area contributed by atoms with E-state index in [0.717, 1.165) is 9.87 Å². The molecule has 1 aromatic rings. The highest BCUT2D eigenvalue weighted by Gasteiger charge is 2.26. The van der Waals surface area contributed by atoms with Gasteiger partial charge in [0.2, 0.25) is 10.0 Å². The van der Waals surface area contributed by atoms with Gasteiger partial charge in [0.1, 0.15) is 0 Å². The lowest BCUT2D eigenvalue weighted by atomic mass is 10.2. The number of carboxylic acids is 1. The molecular formula is C15H22N2O6S. The maximum Gasteiger partial charge on any atom is 0.303 e. The molecule has 0 aliphatic carbocycles. The van der Waals surface area contributed by atoms with Crippen molar-refractivity contribution in [2.24, 2.45) is 0 Å². The van der Waals surface area contributed by atoms with E-state index in [2.05, 4.69) is 0 Å². The van der Waals surface area contributed by atoms with Gasteiger partial charge in [-0.15, -0.1) is 0 Å². The van der Waals surface area contributed by atoms with Crippen molar-refractivity contribution in [3.05, 3.63) is 29.8 Å². The van der Waals surface area contributed by atoms with Crippen LogP contribution < -0.4 is 5.48 Å². The minimum absolute atomic E-state index is 0.0157. The van der Waals surface area contributed by atoms with Crippen LogP contribution in [-0.2, 0) is 19.6 Å². The summed E-state index contributed by atoms with van der Waals surface area (Å²) in [6.45, 7) is 1.38. The topological polar surface area (TPSA) is 124 Å². The molecular weight excluding hydrogens is 336 g/mol. The summed E-state index contributed by atoms with van der Waals surface area (Å²) in [5.74, 6) is -1.74. The summed E-state index contributed by atoms with van der Waals surface area (Å²) in [6.07, 6.45) is 1.38. The number of nitrogens with zero attached hydrogens (tertiary/aromatic N) is 1. The van der Waals surface area contributed by atoms with E-state index in [1.165, 1.54) is 17.6 Å². The Bertz CT molecular complexity index is 657. The average Bonchev–Trinajstić information content (AvgIpc) is 2.53. The Morgan fingerprint density at radius 2 is 1.75 bits per heavy atom. The van der Waals surface area contributed by atoms with Gasteiger partial charge in [-0.2, -0.15) is 4.31 Å². The number of rotatable bonds is 10. The molecule has 9 heteroatoms. The highest BCUT2D eigenvalue weighted by atomic mass is 32.2. The SMILES string of the molecule is Cc1ccc(S(=O)(=O)N(CCCCCC(=O)O)CC(=O)NO)cc1. The largest absolute Gasteiger partial charge is 0.481 e. The van der Waals surface area contributed by atoms with Crippen LogP contribution in [0.1, 0.15) is 31.2 Å². The third-order valence-corrected chi connectivity index (χ3v) is 5.26. The number of hydrogen-bond acceptors (Lipinski definition) is 5. The number of sulfonamides is 1. The third-order valence-electron chi connectivity index (χ3n) is 3.40. The molecule has 134 valence electrons. The van der Waals surface area contributed by atoms with E-state index in [-0.39, 0.29) is 17.9 Å². The number of nitrogens with one attached hydrogen (secondary N) is 1. The van der Waals surface area contributed by atoms with Crippen LogP contribution in [-0.4, -0.2) is 48.0 Å². The van der Waals surface area contributed by atoms with Crippen molar-refractivity contribution in [2.45, 2.75) is 37.5 Å². The van der Waals surface area contributed by atoms with Crippen molar-refractivity contribution in [1.82, 2.24) is 9.79 Å². The van der Waals surface area contributed by atoms with E-state index in [1.54, 1.807) is 12.1 Å². The minimum atomic E-state index is -3.88. The summed E-state index contributed by atoms with van der Waals surface area (Å²) >= 11 is 0. The van der Waals surface area contributed by atoms with Crippen LogP contribution in [0.3, 0.4) is 0 Å². The van der Waals surface area contributed by atoms with Crippen molar-refractivity contribution < 1.29 is 28.3 Å². The zero-order chi connectivity index (χ0) is 18.2. The molecule has 1 rings (SSSR count). The van der Waals surface area contributed by atoms with Crippen LogP contribution >= 0.6 is 0 Å². The highest BCUT2D eigenvalue weighted by molar-refractivity contribution is 7.89. The third kappa shape index (κ3) is 6.26. The Morgan fingerprint density at radius 1 is 1.12 bits per heavy atom. The normalized spacial score (nSPS) is 11.5. The number of hydroxylamine groups is 1. The second-order valence-corrected chi connectivity index (χ2v) is 7.33. The number of unbranched alkanes of at least 4 members (excludes halogenated alkanes) is 2. The summed E-state index contributed by atoms with van der Waals surface area (Å²) in [7, 11) is -3.88. The lowest BCUT2D eigenvalue weighted by molar-refractivity contribution is -0.137. The molecule has 0 radical (unpaired) electrons. The smallest absolute Gasteiger partial charge is 0.303 e. The van der Waals surface area contributed by atoms with Crippen LogP contribution in [0.2, 0.25) is 0 Å². The molecule has 1 aromatic carbocycles. The van der Waals surface area contributed by atoms with Gasteiger partial charge in [-0.05, 0) is 31.9 Å². The predicted molar refractivity (Wildman–Crippen MR) is 86.0 cm³/mol. The van der Waals surface area contributed by atoms with E-state index in [1.807, 2.05) is 6.92 Å². The predicted octanol–water partition coefficient (Wildman–Crippen LogP) is 1.14. The number of carbonyl (C=O) groups is 2. The molecule has 0 aliphatic heterocycles. The van der Waals surface area contributed by atoms with Crippen molar-refractivity contribution in [3.63, 3.8) is 0 Å². The first kappa shape index (κ1) is 20.1. The summed E-state index contributed by atoms with van der Waals surface area (Å²) in [4.78, 5) is 21.9. The maximum atomic E-state index is 12.6. The van der Waals surface area contributed by atoms with Gasteiger partial charge in [0.05, 0.1) is 11.4 Å². The van der Waals surface area contributed by atoms with Gasteiger partial charge in [-0.25, -0.2) is 13.9 Å². The van der Waals surface area contributed by atoms with Crippen LogP contribution in [0.4, 0.5) is 0 Å². The number of aliphatic carboxylic acids is 1. The first-order valence-electron chi connectivity index (χ1n) is 7.49. The standard InChI is InChI=1S/C15H22N2O6S/c1-12-6-8-13(9-7-12)24(22,23)17(11-14(18)16-21)10-4-2-3-5-15(19)20/h6-9,21H,2-5,10-11H2,1H3,(H,16,18)(H,19,20). The highest BCUT2D eigenvalue weighted by Crippen LogP contribution is 2.17. The molecule has 3 N–H and O–H groups in total. The van der Waals surface area contributed by atoms with E-state index >= 15 is 0 Å². The number of hydrogen-bond donors (Lipinski definition) is 3. The van der Waals surface area contributed by atoms with Gasteiger partial charge >= 0.3 is 5.97 Å². The molecule has 1 amide bonds. The summed E-state index contributed by atoms with van der Waals surface area (Å²) in [6, 6.07) is 6.23. The van der Waals surface area contributed by atoms with Crippen molar-refractivity contribution >= 4 is 21.9 Å². The van der Waals surface area contributed by atoms with E-state index < -0.39 is 28.4 Å². The van der Waals surface area contributed by atoms with E-state index in [4.69, 9.17) is 10.3 Å². The molecule has 0 unspecified atom stereocenters. The van der Waals surface area contributed by atoms with Gasteiger partial charge in [-0.1, -0.05) is 24.1 Å². The molecule has 0 bridgehead atoms. The average molecular weight is 358 g/mol. The fraction of sp³-hybridized carbons (Fsp3) is 0.467. The molecule has 8 nitrogen and oxygen atoms in total. The molecule has 0 atom stereocenters. The molecule has 24 heavy (non-hydrogen) atoms. The van der Waals surface area contributed by atoms with Crippen molar-refractivity contribution in [1.29, 1.82) is 0 Å². The van der Waals surface area contributed by atoms with Gasteiger partial charge in [0, 0.05) is 13.0 Å². The van der Waals surface area contributed by atoms with Crippen LogP contribution in [0.15, 0.2) is 29.2 Å². The first-order chi connectivity index (χ1) is 11.3. The Labute approximate surface area is 141 Å². The van der Waals surface area contributed by atoms with E-state index in [0.29, 0.717) is 19.3 Å². The lowest BCUT2D eigenvalue weighted by Gasteiger charge is -2.21. The van der Waals surface area contributed by atoms with Gasteiger partial charge in [0.25, 0.3) is 5.91 Å². The fourth-order valence-corrected chi connectivity index (χ4v) is 3.52. The number of benzene rings is 1. The monoisotopic (exact) mass is 358 g/mol.